The van der Waals surface area contributed by atoms with E-state index >= 15 is 0 Å². The lowest BCUT2D eigenvalue weighted by atomic mass is 9.90. The first-order valence-corrected chi connectivity index (χ1v) is 7.36. The highest BCUT2D eigenvalue weighted by atomic mass is 19.1. The molecule has 1 aromatic carbocycles. The van der Waals surface area contributed by atoms with E-state index in [9.17, 15) is 19.1 Å². The van der Waals surface area contributed by atoms with Crippen LogP contribution in [0.5, 0.6) is 0 Å². The van der Waals surface area contributed by atoms with Gasteiger partial charge in [0.05, 0.1) is 11.1 Å². The summed E-state index contributed by atoms with van der Waals surface area (Å²) in [5, 5.41) is 9.23. The van der Waals surface area contributed by atoms with Gasteiger partial charge >= 0.3 is 5.97 Å². The van der Waals surface area contributed by atoms with Crippen LogP contribution >= 0.6 is 0 Å². The monoisotopic (exact) mass is 316 g/mol. The van der Waals surface area contributed by atoms with Crippen LogP contribution in [-0.2, 0) is 4.79 Å². The maximum Gasteiger partial charge on any atom is 0.311 e. The average molecular weight is 316 g/mol. The molecular weight excluding hydrogens is 299 g/mol. The predicted molar refractivity (Wildman–Crippen MR) is 82.0 cm³/mol. The first kappa shape index (κ1) is 15.3. The van der Waals surface area contributed by atoms with Crippen LogP contribution in [0.25, 0.3) is 5.69 Å². The highest BCUT2D eigenvalue weighted by molar-refractivity contribution is 5.95. The Hall–Kier alpha value is -2.63. The van der Waals surface area contributed by atoms with Gasteiger partial charge in [0.15, 0.2) is 0 Å². The largest absolute Gasteiger partial charge is 0.481 e. The fourth-order valence-corrected chi connectivity index (χ4v) is 2.84. The van der Waals surface area contributed by atoms with Crippen molar-refractivity contribution in [3.05, 3.63) is 54.1 Å². The second-order valence-corrected chi connectivity index (χ2v) is 6.10. The van der Waals surface area contributed by atoms with E-state index in [-0.39, 0.29) is 18.0 Å². The van der Waals surface area contributed by atoms with E-state index in [0.29, 0.717) is 18.7 Å². The molecule has 1 amide bonds. The number of amides is 1. The Labute approximate surface area is 132 Å². The number of halogens is 1. The lowest BCUT2D eigenvalue weighted by molar-refractivity contribution is -0.147. The Bertz CT molecular complexity index is 757. The van der Waals surface area contributed by atoms with Gasteiger partial charge in [-0.1, -0.05) is 0 Å². The van der Waals surface area contributed by atoms with Crippen molar-refractivity contribution in [2.75, 3.05) is 13.1 Å². The molecular formula is C17H17FN2O3. The summed E-state index contributed by atoms with van der Waals surface area (Å²) in [6.07, 6.45) is 3.84. The molecule has 23 heavy (non-hydrogen) atoms. The molecule has 0 radical (unpaired) electrons. The molecule has 0 unspecified atom stereocenters. The van der Waals surface area contributed by atoms with E-state index in [4.69, 9.17) is 0 Å². The third-order valence-corrected chi connectivity index (χ3v) is 4.35. The normalized spacial score (nSPS) is 20.7. The Morgan fingerprint density at radius 2 is 1.96 bits per heavy atom. The molecule has 3 rings (SSSR count). The van der Waals surface area contributed by atoms with Crippen LogP contribution < -0.4 is 0 Å². The van der Waals surface area contributed by atoms with Gasteiger partial charge in [0, 0.05) is 31.0 Å². The minimum absolute atomic E-state index is 0.141. The van der Waals surface area contributed by atoms with E-state index in [1.165, 1.54) is 11.0 Å². The molecule has 6 heteroatoms. The standard InChI is InChI=1S/C17H17FN2O3/c1-17(16(22)23)6-9-20(11-17)15(21)12-4-5-14(13(18)10-12)19-7-2-3-8-19/h2-5,7-8,10H,6,9,11H2,1H3,(H,22,23)/t17-/m0/s1. The van der Waals surface area contributed by atoms with E-state index < -0.39 is 17.2 Å². The van der Waals surface area contributed by atoms with Gasteiger partial charge in [-0.2, -0.15) is 0 Å². The Balaban J connectivity index is 1.82. The fourth-order valence-electron chi connectivity index (χ4n) is 2.84. The van der Waals surface area contributed by atoms with Crippen LogP contribution in [0.2, 0.25) is 0 Å². The molecule has 0 spiro atoms. The first-order chi connectivity index (χ1) is 10.9. The number of carboxylic acid groups (broad SMARTS) is 1. The van der Waals surface area contributed by atoms with E-state index in [0.717, 1.165) is 0 Å². The number of hydrogen-bond acceptors (Lipinski definition) is 2. The predicted octanol–water partition coefficient (Wildman–Crippen LogP) is 2.55. The van der Waals surface area contributed by atoms with Crippen molar-refractivity contribution in [3.63, 3.8) is 0 Å². The highest BCUT2D eigenvalue weighted by Gasteiger charge is 2.42. The molecule has 5 nitrogen and oxygen atoms in total. The van der Waals surface area contributed by atoms with Crippen molar-refractivity contribution < 1.29 is 19.1 Å². The average Bonchev–Trinajstić information content (AvgIpc) is 3.17. The van der Waals surface area contributed by atoms with Crippen molar-refractivity contribution in [3.8, 4) is 5.69 Å². The molecule has 0 saturated carbocycles. The van der Waals surface area contributed by atoms with Crippen LogP contribution in [-0.4, -0.2) is 39.5 Å². The summed E-state index contributed by atoms with van der Waals surface area (Å²) in [6, 6.07) is 7.89. The van der Waals surface area contributed by atoms with Gasteiger partial charge in [-0.05, 0) is 43.7 Å². The van der Waals surface area contributed by atoms with Gasteiger partial charge < -0.3 is 14.6 Å². The molecule has 1 fully saturated rings. The summed E-state index contributed by atoms with van der Waals surface area (Å²) < 4.78 is 15.9. The van der Waals surface area contributed by atoms with E-state index in [1.54, 1.807) is 48.1 Å². The van der Waals surface area contributed by atoms with Crippen LogP contribution in [0.15, 0.2) is 42.7 Å². The third-order valence-electron chi connectivity index (χ3n) is 4.35. The lowest BCUT2D eigenvalue weighted by Crippen LogP contribution is -2.34. The molecule has 120 valence electrons. The summed E-state index contributed by atoms with van der Waals surface area (Å²) in [5.74, 6) is -1.75. The maximum atomic E-state index is 14.3. The molecule has 0 aliphatic carbocycles. The zero-order valence-electron chi connectivity index (χ0n) is 12.7. The Morgan fingerprint density at radius 3 is 2.52 bits per heavy atom. The number of benzene rings is 1. The van der Waals surface area contributed by atoms with Crippen molar-refractivity contribution in [1.29, 1.82) is 0 Å². The van der Waals surface area contributed by atoms with Gasteiger partial charge in [0.25, 0.3) is 5.91 Å². The maximum absolute atomic E-state index is 14.3. The zero-order valence-corrected chi connectivity index (χ0v) is 12.7. The Kier molecular flexibility index (Phi) is 3.67. The van der Waals surface area contributed by atoms with Crippen LogP contribution in [0, 0.1) is 11.2 Å². The first-order valence-electron chi connectivity index (χ1n) is 7.36. The number of carboxylic acids is 1. The number of likely N-dealkylation sites (tertiary alicyclic amines) is 1. The second-order valence-electron chi connectivity index (χ2n) is 6.10. The van der Waals surface area contributed by atoms with Gasteiger partial charge in [-0.15, -0.1) is 0 Å². The van der Waals surface area contributed by atoms with Crippen LogP contribution in [0.1, 0.15) is 23.7 Å². The molecule has 1 atom stereocenters. The lowest BCUT2D eigenvalue weighted by Gasteiger charge is -2.20. The van der Waals surface area contributed by atoms with Crippen molar-refractivity contribution in [2.24, 2.45) is 5.41 Å². The second kappa shape index (κ2) is 5.53. The van der Waals surface area contributed by atoms with Crippen LogP contribution in [0.4, 0.5) is 4.39 Å². The molecule has 1 aliphatic heterocycles. The minimum Gasteiger partial charge on any atom is -0.481 e. The third kappa shape index (κ3) is 2.72. The summed E-state index contributed by atoms with van der Waals surface area (Å²) in [5.41, 5.74) is -0.337. The molecule has 0 bridgehead atoms. The smallest absolute Gasteiger partial charge is 0.311 e. The molecule has 1 saturated heterocycles. The number of nitrogens with zero attached hydrogens (tertiary/aromatic N) is 2. The number of rotatable bonds is 3. The molecule has 2 aromatic rings. The van der Waals surface area contributed by atoms with Crippen molar-refractivity contribution >= 4 is 11.9 Å². The molecule has 1 aromatic heterocycles. The number of carbonyl (C=O) groups is 2. The SMILES string of the molecule is C[C@]1(C(=O)O)CCN(C(=O)c2ccc(-n3cccc3)c(F)c2)C1. The summed E-state index contributed by atoms with van der Waals surface area (Å²) in [7, 11) is 0. The van der Waals surface area contributed by atoms with Gasteiger partial charge in [0.2, 0.25) is 0 Å². The quantitative estimate of drug-likeness (QED) is 0.946. The highest BCUT2D eigenvalue weighted by Crippen LogP contribution is 2.31. The van der Waals surface area contributed by atoms with Gasteiger partial charge in [0.1, 0.15) is 5.82 Å². The van der Waals surface area contributed by atoms with Crippen LogP contribution in [0.3, 0.4) is 0 Å². The van der Waals surface area contributed by atoms with E-state index in [1.807, 2.05) is 0 Å². The topological polar surface area (TPSA) is 62.5 Å². The Morgan fingerprint density at radius 1 is 1.26 bits per heavy atom. The number of aliphatic carboxylic acids is 1. The summed E-state index contributed by atoms with van der Waals surface area (Å²) in [6.45, 7) is 2.13. The summed E-state index contributed by atoms with van der Waals surface area (Å²) >= 11 is 0. The molecule has 1 aliphatic rings. The fraction of sp³-hybridized carbons (Fsp3) is 0.294. The summed E-state index contributed by atoms with van der Waals surface area (Å²) in [4.78, 5) is 25.2. The zero-order chi connectivity index (χ0) is 16.6. The van der Waals surface area contributed by atoms with Gasteiger partial charge in [-0.25, -0.2) is 4.39 Å². The number of hydrogen-bond donors (Lipinski definition) is 1. The van der Waals surface area contributed by atoms with E-state index in [2.05, 4.69) is 0 Å². The number of aromatic nitrogens is 1. The molecule has 2 heterocycles. The van der Waals surface area contributed by atoms with Gasteiger partial charge in [-0.3, -0.25) is 9.59 Å². The number of carbonyl (C=O) groups excluding carboxylic acids is 1. The molecule has 1 N–H and O–H groups in total. The van der Waals surface area contributed by atoms with Crippen molar-refractivity contribution in [2.45, 2.75) is 13.3 Å². The minimum atomic E-state index is -0.931. The van der Waals surface area contributed by atoms with Crippen molar-refractivity contribution in [1.82, 2.24) is 9.47 Å².